The van der Waals surface area contributed by atoms with Crippen molar-refractivity contribution in [3.05, 3.63) is 312 Å². The van der Waals surface area contributed by atoms with Gasteiger partial charge in [0.25, 0.3) is 0 Å². The van der Waals surface area contributed by atoms with E-state index in [0.717, 1.165) is 91.3 Å². The molecule has 10 aromatic rings. The van der Waals surface area contributed by atoms with Gasteiger partial charge in [-0.1, -0.05) is 132 Å². The first-order chi connectivity index (χ1) is 50.0. The molecule has 104 heavy (non-hydrogen) atoms. The molecule has 4 atom stereocenters. The Balaban J connectivity index is 0.000000290. The van der Waals surface area contributed by atoms with Crippen LogP contribution in [0.5, 0.6) is 0 Å². The van der Waals surface area contributed by atoms with Crippen LogP contribution in [-0.4, -0.2) is 46.0 Å². The Bertz CT molecular complexity index is 4130. The highest BCUT2D eigenvalue weighted by Crippen LogP contribution is 2.43. The van der Waals surface area contributed by atoms with E-state index >= 15 is 0 Å². The average molecular weight is 1390 g/mol. The van der Waals surface area contributed by atoms with Crippen molar-refractivity contribution in [2.75, 3.05) is 19.6 Å². The molecule has 0 heterocycles. The number of nitrogens with zero attached hydrogens (tertiary/aromatic N) is 4. The maximum atomic E-state index is 12.0. The zero-order chi connectivity index (χ0) is 74.4. The molecular weight excluding hydrogens is 1300 g/mol. The van der Waals surface area contributed by atoms with E-state index in [0.29, 0.717) is 11.4 Å². The fourth-order valence-electron chi connectivity index (χ4n) is 12.4. The Labute approximate surface area is 608 Å². The average Bonchev–Trinajstić information content (AvgIpc) is 0.797. The second-order valence-corrected chi connectivity index (χ2v) is 25.7. The number of carbonyl (C=O) groups is 6. The molecular formula is C88H86N4O12-2. The predicted molar refractivity (Wildman–Crippen MR) is 408 cm³/mol. The van der Waals surface area contributed by atoms with Crippen molar-refractivity contribution in [3.63, 3.8) is 0 Å². The molecule has 16 heteroatoms. The zero-order valence-corrected chi connectivity index (χ0v) is 59.4. The number of hydrogen-bond acceptors (Lipinski definition) is 14. The van der Waals surface area contributed by atoms with E-state index in [4.69, 9.17) is 9.47 Å². The van der Waals surface area contributed by atoms with E-state index in [1.54, 1.807) is 13.8 Å². The van der Waals surface area contributed by atoms with Crippen LogP contribution in [0.2, 0.25) is 0 Å². The summed E-state index contributed by atoms with van der Waals surface area (Å²) in [5, 5.41) is 41.6. The SMILES string of the molecule is C=CC(=O)OC(C)c1ccc(N(c2ccc(C(C)OC(=O)C=C)cc2)c2ccc(N(c3ccc(C(CCC(=O)[O-])CCC(=O)O)cc3)c3ccc(C(CCC(=O)[O-])CCC(=O)O)cc3)cc2)cc1.Cc1ccc(N(c2ccc(C)cc2)c2ccc(N(c3ccc(C)cc3)c3ccc(C)cc3)cc2)cc1. The number of ether oxygens (including phenoxy) is 2. The highest BCUT2D eigenvalue weighted by atomic mass is 16.5. The third kappa shape index (κ3) is 20.9. The molecule has 532 valence electrons. The van der Waals surface area contributed by atoms with Crippen molar-refractivity contribution in [3.8, 4) is 0 Å². The third-order valence-electron chi connectivity index (χ3n) is 18.1. The summed E-state index contributed by atoms with van der Waals surface area (Å²) in [5.41, 5.74) is 19.4. The third-order valence-corrected chi connectivity index (χ3v) is 18.1. The van der Waals surface area contributed by atoms with Crippen molar-refractivity contribution in [1.82, 2.24) is 0 Å². The number of carboxylic acids is 4. The first kappa shape index (κ1) is 75.9. The maximum Gasteiger partial charge on any atom is 0.330 e. The highest BCUT2D eigenvalue weighted by Gasteiger charge is 2.23. The van der Waals surface area contributed by atoms with Gasteiger partial charge in [-0.15, -0.1) is 0 Å². The van der Waals surface area contributed by atoms with Gasteiger partial charge < -0.3 is 59.1 Å². The first-order valence-corrected chi connectivity index (χ1v) is 34.6. The molecule has 0 saturated heterocycles. The van der Waals surface area contributed by atoms with Crippen LogP contribution in [0.25, 0.3) is 0 Å². The van der Waals surface area contributed by atoms with Gasteiger partial charge in [-0.3, -0.25) is 9.59 Å². The van der Waals surface area contributed by atoms with Gasteiger partial charge in [0.1, 0.15) is 12.2 Å². The summed E-state index contributed by atoms with van der Waals surface area (Å²) in [4.78, 5) is 78.3. The van der Waals surface area contributed by atoms with E-state index < -0.39 is 48.0 Å². The molecule has 0 fully saturated rings. The second-order valence-electron chi connectivity index (χ2n) is 25.7. The first-order valence-electron chi connectivity index (χ1n) is 34.6. The molecule has 2 N–H and O–H groups in total. The molecule has 0 spiro atoms. The topological polar surface area (TPSA) is 220 Å². The van der Waals surface area contributed by atoms with E-state index in [9.17, 15) is 49.2 Å². The zero-order valence-electron chi connectivity index (χ0n) is 59.4. The molecule has 0 aliphatic heterocycles. The molecule has 0 radical (unpaired) electrons. The fraction of sp³-hybridized carbons (Fsp3) is 0.205. The largest absolute Gasteiger partial charge is 0.550 e. The summed E-state index contributed by atoms with van der Waals surface area (Å²) in [5.74, 6) is -6.20. The minimum atomic E-state index is -1.22. The molecule has 0 aliphatic rings. The minimum Gasteiger partial charge on any atom is -0.550 e. The Morgan fingerprint density at radius 1 is 0.317 bits per heavy atom. The Hall–Kier alpha value is -12.3. The van der Waals surface area contributed by atoms with Crippen LogP contribution in [-0.2, 0) is 38.2 Å². The second kappa shape index (κ2) is 36.3. The molecule has 10 aromatic carbocycles. The van der Waals surface area contributed by atoms with Crippen molar-refractivity contribution < 1.29 is 58.7 Å². The van der Waals surface area contributed by atoms with Gasteiger partial charge in [-0.25, -0.2) is 9.59 Å². The Morgan fingerprint density at radius 2 is 0.490 bits per heavy atom. The smallest absolute Gasteiger partial charge is 0.330 e. The molecule has 0 bridgehead atoms. The maximum absolute atomic E-state index is 12.0. The lowest BCUT2D eigenvalue weighted by atomic mass is 9.89. The van der Waals surface area contributed by atoms with Crippen LogP contribution < -0.4 is 29.8 Å². The minimum absolute atomic E-state index is 0.138. The molecule has 16 nitrogen and oxygen atoms in total. The van der Waals surface area contributed by atoms with Gasteiger partial charge in [0, 0.05) is 105 Å². The number of aliphatic carboxylic acids is 4. The highest BCUT2D eigenvalue weighted by molar-refractivity contribution is 5.85. The van der Waals surface area contributed by atoms with E-state index in [1.165, 1.54) is 22.3 Å². The summed E-state index contributed by atoms with van der Waals surface area (Å²) in [7, 11) is 0. The van der Waals surface area contributed by atoms with Gasteiger partial charge in [0.05, 0.1) is 0 Å². The van der Waals surface area contributed by atoms with Crippen LogP contribution in [0.15, 0.2) is 268 Å². The quantitative estimate of drug-likeness (QED) is 0.0296. The normalized spacial score (nSPS) is 12.0. The molecule has 0 amide bonds. The summed E-state index contributed by atoms with van der Waals surface area (Å²) in [6.45, 7) is 19.0. The number of anilines is 12. The number of carbonyl (C=O) groups excluding carboxylic acids is 4. The van der Waals surface area contributed by atoms with Gasteiger partial charge in [-0.2, -0.15) is 0 Å². The van der Waals surface area contributed by atoms with E-state index in [2.05, 4.69) is 172 Å². The van der Waals surface area contributed by atoms with Crippen LogP contribution >= 0.6 is 0 Å². The lowest BCUT2D eigenvalue weighted by Gasteiger charge is -2.29. The van der Waals surface area contributed by atoms with E-state index in [1.807, 2.05) is 131 Å². The van der Waals surface area contributed by atoms with Crippen molar-refractivity contribution >= 4 is 104 Å². The molecule has 10 rings (SSSR count). The van der Waals surface area contributed by atoms with Gasteiger partial charge >= 0.3 is 23.9 Å². The van der Waals surface area contributed by atoms with Crippen LogP contribution in [0.4, 0.5) is 68.2 Å². The number of aryl methyl sites for hydroxylation is 4. The van der Waals surface area contributed by atoms with Gasteiger partial charge in [0.15, 0.2) is 0 Å². The Morgan fingerprint density at radius 3 is 0.673 bits per heavy atom. The molecule has 0 saturated carbocycles. The summed E-state index contributed by atoms with van der Waals surface area (Å²) in [6, 6.07) is 81.5. The monoisotopic (exact) mass is 1390 g/mol. The molecule has 4 unspecified atom stereocenters. The van der Waals surface area contributed by atoms with Crippen LogP contribution in [0.3, 0.4) is 0 Å². The number of benzene rings is 10. The lowest BCUT2D eigenvalue weighted by molar-refractivity contribution is -0.307. The molecule has 0 aromatic heterocycles. The predicted octanol–water partition coefficient (Wildman–Crippen LogP) is 19.0. The van der Waals surface area contributed by atoms with Gasteiger partial charge in [-0.05, 0) is 260 Å². The fourth-order valence-corrected chi connectivity index (χ4v) is 12.4. The standard InChI is InChI=1S/C54H56N2O12.C34H32N2/c1-5-53(65)67-35(3)37-7-19-43(20-8-37)55(44-21-9-38(10-22-44)36(4)68-54(66)6-2)47-27-29-48(30-28-47)56(45-23-11-39(12-24-45)41(15-31-49(57)58)16-32-50(59)60)46-25-13-40(14-26-46)42(17-33-51(61)62)18-34-52(63)64;1-25-5-13-29(14-6-25)35(30-15-7-26(2)8-16-30)33-21-23-34(24-22-33)36(31-17-9-27(3)10-18-31)32-19-11-28(4)12-20-32/h5-14,19-30,35-36,41-42H,1-2,15-18,31-34H2,3-4H3,(H,57,58)(H,59,60)(H,61,62)(H,63,64);5-24H,1-4H3/p-2. The Kier molecular flexibility index (Phi) is 26.5. The van der Waals surface area contributed by atoms with Crippen LogP contribution in [0, 0.1) is 27.7 Å². The summed E-state index contributed by atoms with van der Waals surface area (Å²) >= 11 is 0. The van der Waals surface area contributed by atoms with Crippen molar-refractivity contribution in [2.24, 2.45) is 0 Å². The number of hydrogen-bond donors (Lipinski definition) is 2. The summed E-state index contributed by atoms with van der Waals surface area (Å²) < 4.78 is 10.9. The number of rotatable bonds is 32. The summed E-state index contributed by atoms with van der Waals surface area (Å²) in [6.07, 6.45) is 1.29. The van der Waals surface area contributed by atoms with Crippen LogP contribution in [0.1, 0.15) is 134 Å². The van der Waals surface area contributed by atoms with Crippen molar-refractivity contribution in [2.45, 2.75) is 117 Å². The number of carboxylic acid groups (broad SMARTS) is 4. The van der Waals surface area contributed by atoms with E-state index in [-0.39, 0.29) is 63.2 Å². The van der Waals surface area contributed by atoms with Crippen molar-refractivity contribution in [1.29, 1.82) is 0 Å². The van der Waals surface area contributed by atoms with Gasteiger partial charge in [0.2, 0.25) is 0 Å². The lowest BCUT2D eigenvalue weighted by Crippen LogP contribution is -2.22. The molecule has 0 aliphatic carbocycles. The number of esters is 2.